The summed E-state index contributed by atoms with van der Waals surface area (Å²) >= 11 is 0. The summed E-state index contributed by atoms with van der Waals surface area (Å²) in [4.78, 5) is 0. The first-order valence-corrected chi connectivity index (χ1v) is 5.16. The molecule has 0 aliphatic heterocycles. The maximum atomic E-state index is 5.51. The summed E-state index contributed by atoms with van der Waals surface area (Å²) in [7, 11) is 5.55. The highest BCUT2D eigenvalue weighted by Crippen LogP contribution is 2.22. The number of aromatic nitrogens is 3. The fraction of sp³-hybridized carbons (Fsp3) is 0.800. The van der Waals surface area contributed by atoms with Gasteiger partial charge < -0.3 is 10.1 Å². The smallest absolute Gasteiger partial charge is 0.0804 e. The minimum absolute atomic E-state index is 0.118. The van der Waals surface area contributed by atoms with E-state index in [1.54, 1.807) is 18.0 Å². The van der Waals surface area contributed by atoms with Crippen LogP contribution in [0.4, 0.5) is 0 Å². The molecule has 5 heteroatoms. The lowest BCUT2D eigenvalue weighted by molar-refractivity contribution is 0.0326. The van der Waals surface area contributed by atoms with Gasteiger partial charge in [-0.1, -0.05) is 19.1 Å². The number of likely N-dealkylation sites (N-methyl/N-ethyl adjacent to an activating group) is 1. The topological polar surface area (TPSA) is 52.0 Å². The van der Waals surface area contributed by atoms with Crippen molar-refractivity contribution in [1.82, 2.24) is 20.3 Å². The van der Waals surface area contributed by atoms with E-state index >= 15 is 0 Å². The number of nitrogens with one attached hydrogen (secondary N) is 1. The van der Waals surface area contributed by atoms with E-state index in [-0.39, 0.29) is 12.1 Å². The first kappa shape index (κ1) is 12.1. The maximum absolute atomic E-state index is 5.51. The molecule has 1 N–H and O–H groups in total. The minimum Gasteiger partial charge on any atom is -0.379 e. The highest BCUT2D eigenvalue weighted by molar-refractivity contribution is 5.05. The summed E-state index contributed by atoms with van der Waals surface area (Å²) in [6, 6.07) is 0.120. The van der Waals surface area contributed by atoms with Gasteiger partial charge in [0.25, 0.3) is 0 Å². The number of nitrogens with zero attached hydrogens (tertiary/aromatic N) is 3. The van der Waals surface area contributed by atoms with Crippen LogP contribution < -0.4 is 5.32 Å². The molecule has 0 saturated heterocycles. The van der Waals surface area contributed by atoms with Crippen LogP contribution in [-0.4, -0.2) is 35.3 Å². The van der Waals surface area contributed by atoms with E-state index in [1.807, 2.05) is 14.1 Å². The van der Waals surface area contributed by atoms with Gasteiger partial charge in [-0.15, -0.1) is 5.10 Å². The first-order valence-electron chi connectivity index (χ1n) is 5.16. The summed E-state index contributed by atoms with van der Waals surface area (Å²) < 4.78 is 7.29. The summed E-state index contributed by atoms with van der Waals surface area (Å²) in [5.74, 6) is 0.433. The summed E-state index contributed by atoms with van der Waals surface area (Å²) in [6.07, 6.45) is 1.89. The Morgan fingerprint density at radius 2 is 2.13 bits per heavy atom. The quantitative estimate of drug-likeness (QED) is 0.782. The molecule has 0 radical (unpaired) electrons. The van der Waals surface area contributed by atoms with Gasteiger partial charge in [-0.3, -0.25) is 4.68 Å². The number of hydrogen-bond acceptors (Lipinski definition) is 4. The number of aryl methyl sites for hydroxylation is 1. The zero-order valence-electron chi connectivity index (χ0n) is 10.1. The highest BCUT2D eigenvalue weighted by atomic mass is 16.5. The van der Waals surface area contributed by atoms with Crippen LogP contribution in [0.3, 0.4) is 0 Å². The molecule has 86 valence electrons. The fourth-order valence-electron chi connectivity index (χ4n) is 1.85. The predicted octanol–water partition coefficient (Wildman–Crippen LogP) is 0.747. The molecule has 0 aliphatic rings. The normalized spacial score (nSPS) is 15.6. The van der Waals surface area contributed by atoms with Crippen LogP contribution in [0.1, 0.15) is 25.6 Å². The SMILES string of the molecule is CNC(c1cnnn1C)C(OC)C(C)C. The Morgan fingerprint density at radius 3 is 2.47 bits per heavy atom. The van der Waals surface area contributed by atoms with Crippen LogP contribution in [0.15, 0.2) is 6.20 Å². The zero-order valence-corrected chi connectivity index (χ0v) is 10.1. The third-order valence-electron chi connectivity index (χ3n) is 2.64. The summed E-state index contributed by atoms with van der Waals surface area (Å²) in [6.45, 7) is 4.28. The zero-order chi connectivity index (χ0) is 11.4. The van der Waals surface area contributed by atoms with Crippen LogP contribution >= 0.6 is 0 Å². The average Bonchev–Trinajstić information content (AvgIpc) is 2.60. The van der Waals surface area contributed by atoms with Gasteiger partial charge in [0.2, 0.25) is 0 Å². The van der Waals surface area contributed by atoms with E-state index in [1.165, 1.54) is 0 Å². The lowest BCUT2D eigenvalue weighted by Gasteiger charge is -2.28. The number of hydrogen-bond donors (Lipinski definition) is 1. The van der Waals surface area contributed by atoms with E-state index in [4.69, 9.17) is 4.74 Å². The molecular weight excluding hydrogens is 192 g/mol. The van der Waals surface area contributed by atoms with E-state index in [2.05, 4.69) is 29.5 Å². The second-order valence-corrected chi connectivity index (χ2v) is 3.99. The van der Waals surface area contributed by atoms with E-state index < -0.39 is 0 Å². The maximum Gasteiger partial charge on any atom is 0.0804 e. The van der Waals surface area contributed by atoms with Gasteiger partial charge >= 0.3 is 0 Å². The Kier molecular flexibility index (Phi) is 4.23. The predicted molar refractivity (Wildman–Crippen MR) is 58.4 cm³/mol. The molecule has 1 aromatic rings. The van der Waals surface area contributed by atoms with Crippen LogP contribution in [0.25, 0.3) is 0 Å². The molecule has 15 heavy (non-hydrogen) atoms. The molecule has 2 unspecified atom stereocenters. The van der Waals surface area contributed by atoms with E-state index in [0.717, 1.165) is 5.69 Å². The summed E-state index contributed by atoms with van der Waals surface area (Å²) in [5, 5.41) is 11.1. The van der Waals surface area contributed by atoms with Crippen molar-refractivity contribution in [3.63, 3.8) is 0 Å². The van der Waals surface area contributed by atoms with Crippen molar-refractivity contribution in [3.05, 3.63) is 11.9 Å². The molecular formula is C10H20N4O. The molecule has 0 fully saturated rings. The van der Waals surface area contributed by atoms with Gasteiger partial charge in [0, 0.05) is 14.2 Å². The van der Waals surface area contributed by atoms with Crippen molar-refractivity contribution >= 4 is 0 Å². The standard InChI is InChI=1S/C10H20N4O/c1-7(2)10(15-5)9(11-3)8-6-12-13-14(8)4/h6-7,9-11H,1-5H3. The number of ether oxygens (including phenoxy) is 1. The van der Waals surface area contributed by atoms with Crippen molar-refractivity contribution in [2.24, 2.45) is 13.0 Å². The molecule has 5 nitrogen and oxygen atoms in total. The Labute approximate surface area is 90.8 Å². The molecule has 0 saturated carbocycles. The van der Waals surface area contributed by atoms with Crippen LogP contribution in [-0.2, 0) is 11.8 Å². The van der Waals surface area contributed by atoms with Crippen molar-refractivity contribution in [1.29, 1.82) is 0 Å². The minimum atomic E-state index is 0.118. The summed E-state index contributed by atoms with van der Waals surface area (Å²) in [5.41, 5.74) is 1.04. The molecule has 0 aliphatic carbocycles. The molecule has 0 amide bonds. The van der Waals surface area contributed by atoms with Gasteiger partial charge in [0.1, 0.15) is 0 Å². The Balaban J connectivity index is 2.92. The van der Waals surface area contributed by atoms with Gasteiger partial charge in [-0.2, -0.15) is 0 Å². The molecule has 1 heterocycles. The third-order valence-corrected chi connectivity index (χ3v) is 2.64. The monoisotopic (exact) mass is 212 g/mol. The second-order valence-electron chi connectivity index (χ2n) is 3.99. The lowest BCUT2D eigenvalue weighted by Crippen LogP contribution is -2.36. The molecule has 0 bridgehead atoms. The molecule has 2 atom stereocenters. The number of methoxy groups -OCH3 is 1. The largest absolute Gasteiger partial charge is 0.379 e. The second kappa shape index (κ2) is 5.23. The van der Waals surface area contributed by atoms with Gasteiger partial charge in [-0.05, 0) is 13.0 Å². The Morgan fingerprint density at radius 1 is 1.47 bits per heavy atom. The highest BCUT2D eigenvalue weighted by Gasteiger charge is 2.26. The van der Waals surface area contributed by atoms with Gasteiger partial charge in [-0.25, -0.2) is 0 Å². The molecule has 0 aromatic carbocycles. The van der Waals surface area contributed by atoms with Crippen LogP contribution in [0.5, 0.6) is 0 Å². The van der Waals surface area contributed by atoms with E-state index in [0.29, 0.717) is 5.92 Å². The van der Waals surface area contributed by atoms with Crippen molar-refractivity contribution in [2.75, 3.05) is 14.2 Å². The van der Waals surface area contributed by atoms with Crippen LogP contribution in [0, 0.1) is 5.92 Å². The fourth-order valence-corrected chi connectivity index (χ4v) is 1.85. The van der Waals surface area contributed by atoms with E-state index in [9.17, 15) is 0 Å². The molecule has 0 spiro atoms. The molecule has 1 rings (SSSR count). The van der Waals surface area contributed by atoms with Crippen molar-refractivity contribution in [3.8, 4) is 0 Å². The lowest BCUT2D eigenvalue weighted by atomic mass is 9.97. The van der Waals surface area contributed by atoms with Crippen molar-refractivity contribution in [2.45, 2.75) is 26.0 Å². The Hall–Kier alpha value is -0.940. The van der Waals surface area contributed by atoms with Gasteiger partial charge in [0.15, 0.2) is 0 Å². The van der Waals surface area contributed by atoms with Crippen LogP contribution in [0.2, 0.25) is 0 Å². The average molecular weight is 212 g/mol. The first-order chi connectivity index (χ1) is 7.11. The van der Waals surface area contributed by atoms with Gasteiger partial charge in [0.05, 0.1) is 24.0 Å². The molecule has 1 aromatic heterocycles. The Bertz CT molecular complexity index is 297. The number of rotatable bonds is 5. The van der Waals surface area contributed by atoms with Crippen molar-refractivity contribution < 1.29 is 4.74 Å². The third kappa shape index (κ3) is 2.54.